The van der Waals surface area contributed by atoms with Gasteiger partial charge in [0.25, 0.3) is 0 Å². The lowest BCUT2D eigenvalue weighted by atomic mass is 9.80. The number of benzene rings is 1. The Morgan fingerprint density at radius 2 is 2.07 bits per heavy atom. The number of aromatic nitrogens is 2. The Labute approximate surface area is 166 Å². The summed E-state index contributed by atoms with van der Waals surface area (Å²) in [5.41, 5.74) is 0.306. The van der Waals surface area contributed by atoms with Crippen molar-refractivity contribution in [3.63, 3.8) is 0 Å². The fourth-order valence-corrected chi connectivity index (χ4v) is 5.14. The summed E-state index contributed by atoms with van der Waals surface area (Å²) in [6.07, 6.45) is 7.76. The van der Waals surface area contributed by atoms with Crippen LogP contribution in [0.1, 0.15) is 39.5 Å². The van der Waals surface area contributed by atoms with Crippen LogP contribution in [0.15, 0.2) is 30.7 Å². The average Bonchev–Trinajstić information content (AvgIpc) is 3.08. The summed E-state index contributed by atoms with van der Waals surface area (Å²) in [5.74, 6) is 1.20. The Balaban J connectivity index is 1.92. The number of nitrogens with zero attached hydrogens (tertiary/aromatic N) is 3. The summed E-state index contributed by atoms with van der Waals surface area (Å²) < 4.78 is 32.4. The maximum atomic E-state index is 13.7. The molecule has 1 aromatic heterocycles. The van der Waals surface area contributed by atoms with Crippen LogP contribution in [0.25, 0.3) is 0 Å². The first-order valence-electron chi connectivity index (χ1n) is 9.86. The van der Waals surface area contributed by atoms with Gasteiger partial charge in [0.1, 0.15) is 25.0 Å². The zero-order valence-electron chi connectivity index (χ0n) is 17.1. The van der Waals surface area contributed by atoms with Crippen LogP contribution >= 0.6 is 7.14 Å². The summed E-state index contributed by atoms with van der Waals surface area (Å²) in [7, 11) is -2.71. The Morgan fingerprint density at radius 3 is 2.75 bits per heavy atom. The highest BCUT2D eigenvalue weighted by atomic mass is 31.2. The number of hydrogen-bond donors (Lipinski definition) is 0. The van der Waals surface area contributed by atoms with E-state index < -0.39 is 13.0 Å². The molecule has 0 bridgehead atoms. The van der Waals surface area contributed by atoms with Gasteiger partial charge in [0, 0.05) is 13.1 Å². The van der Waals surface area contributed by atoms with E-state index in [1.54, 1.807) is 19.5 Å². The Kier molecular flexibility index (Phi) is 6.09. The third-order valence-corrected chi connectivity index (χ3v) is 7.16. The van der Waals surface area contributed by atoms with Crippen LogP contribution in [-0.4, -0.2) is 36.4 Å². The molecule has 1 saturated heterocycles. The lowest BCUT2D eigenvalue weighted by molar-refractivity contribution is 0.284. The second-order valence-corrected chi connectivity index (χ2v) is 11.2. The zero-order chi connectivity index (χ0) is 20.4. The summed E-state index contributed by atoms with van der Waals surface area (Å²) in [4.78, 5) is 10.8. The van der Waals surface area contributed by atoms with Gasteiger partial charge in [-0.3, -0.25) is 0 Å². The largest absolute Gasteiger partial charge is 0.451 e. The lowest BCUT2D eigenvalue weighted by Crippen LogP contribution is -2.27. The highest BCUT2D eigenvalue weighted by Crippen LogP contribution is 2.44. The Hall–Kier alpha value is -1.94. The van der Waals surface area contributed by atoms with Crippen molar-refractivity contribution in [2.24, 2.45) is 5.41 Å². The molecule has 2 aromatic rings. The van der Waals surface area contributed by atoms with Gasteiger partial charge in [-0.15, -0.1) is 0 Å². The van der Waals surface area contributed by atoms with Gasteiger partial charge in [-0.25, -0.2) is 14.4 Å². The molecule has 0 saturated carbocycles. The molecule has 28 heavy (non-hydrogen) atoms. The van der Waals surface area contributed by atoms with Crippen LogP contribution in [0.4, 0.5) is 10.2 Å². The molecule has 1 aliphatic heterocycles. The van der Waals surface area contributed by atoms with Crippen LogP contribution in [0.2, 0.25) is 0 Å². The maximum Gasteiger partial charge on any atom is 0.188 e. The van der Waals surface area contributed by atoms with Crippen molar-refractivity contribution >= 4 is 18.3 Å². The van der Waals surface area contributed by atoms with Gasteiger partial charge in [0.05, 0.1) is 11.5 Å². The quantitative estimate of drug-likeness (QED) is 0.603. The van der Waals surface area contributed by atoms with Crippen molar-refractivity contribution in [2.45, 2.75) is 39.5 Å². The van der Waals surface area contributed by atoms with E-state index in [1.165, 1.54) is 30.9 Å². The molecule has 152 valence electrons. The van der Waals surface area contributed by atoms with Crippen LogP contribution in [0.3, 0.4) is 0 Å². The van der Waals surface area contributed by atoms with E-state index in [1.807, 2.05) is 0 Å². The summed E-state index contributed by atoms with van der Waals surface area (Å²) in [6.45, 7) is 9.54. The average molecular weight is 405 g/mol. The first-order valence-corrected chi connectivity index (χ1v) is 12.5. The zero-order valence-corrected chi connectivity index (χ0v) is 18.0. The fourth-order valence-electron chi connectivity index (χ4n) is 4.05. The molecule has 1 aliphatic rings. The predicted octanol–water partition coefficient (Wildman–Crippen LogP) is 5.06. The molecule has 7 heteroatoms. The van der Waals surface area contributed by atoms with Crippen LogP contribution in [-0.2, 0) is 4.57 Å². The standard InChI is InChI=1S/C21H29FN3O2P/c1-5-9-21(6-2)10-11-25(14-21)20-18(13-23-15-24-20)27-17-8-7-16(22)12-19(17)28(3,4)26/h7-8,12-13,15H,5-6,9-11,14H2,1-4H3. The number of anilines is 1. The van der Waals surface area contributed by atoms with E-state index >= 15 is 0 Å². The van der Waals surface area contributed by atoms with E-state index in [9.17, 15) is 8.96 Å². The van der Waals surface area contributed by atoms with Gasteiger partial charge in [-0.2, -0.15) is 0 Å². The number of ether oxygens (including phenoxy) is 1. The summed E-state index contributed by atoms with van der Waals surface area (Å²) in [5, 5.41) is 0.387. The van der Waals surface area contributed by atoms with Crippen molar-refractivity contribution in [3.05, 3.63) is 36.5 Å². The Bertz CT molecular complexity index is 886. The van der Waals surface area contributed by atoms with Crippen molar-refractivity contribution in [2.75, 3.05) is 31.3 Å². The summed E-state index contributed by atoms with van der Waals surface area (Å²) in [6, 6.07) is 4.13. The smallest absolute Gasteiger partial charge is 0.188 e. The van der Waals surface area contributed by atoms with Crippen molar-refractivity contribution in [1.29, 1.82) is 0 Å². The first-order chi connectivity index (χ1) is 13.3. The van der Waals surface area contributed by atoms with E-state index in [0.29, 0.717) is 22.2 Å². The Morgan fingerprint density at radius 1 is 1.29 bits per heavy atom. The summed E-state index contributed by atoms with van der Waals surface area (Å²) >= 11 is 0. The molecule has 2 heterocycles. The number of hydrogen-bond acceptors (Lipinski definition) is 5. The van der Waals surface area contributed by atoms with E-state index in [2.05, 4.69) is 28.7 Å². The molecule has 0 amide bonds. The van der Waals surface area contributed by atoms with E-state index in [-0.39, 0.29) is 0 Å². The topological polar surface area (TPSA) is 55.3 Å². The molecular weight excluding hydrogens is 376 g/mol. The van der Waals surface area contributed by atoms with Crippen molar-refractivity contribution in [1.82, 2.24) is 9.97 Å². The minimum Gasteiger partial charge on any atom is -0.451 e. The normalized spacial score (nSPS) is 19.8. The molecule has 0 spiro atoms. The highest BCUT2D eigenvalue weighted by molar-refractivity contribution is 7.70. The minimum atomic E-state index is -2.71. The third kappa shape index (κ3) is 4.38. The molecule has 0 aliphatic carbocycles. The van der Waals surface area contributed by atoms with Gasteiger partial charge in [0.2, 0.25) is 0 Å². The number of rotatable bonds is 7. The maximum absolute atomic E-state index is 13.7. The SMILES string of the molecule is CCCC1(CC)CCN(c2ncncc2Oc2ccc(F)cc2P(C)(C)=O)C1. The monoisotopic (exact) mass is 405 g/mol. The highest BCUT2D eigenvalue weighted by Gasteiger charge is 2.37. The molecule has 1 aromatic carbocycles. The second-order valence-electron chi connectivity index (χ2n) is 8.05. The van der Waals surface area contributed by atoms with Gasteiger partial charge in [-0.1, -0.05) is 20.3 Å². The van der Waals surface area contributed by atoms with E-state index in [0.717, 1.165) is 38.2 Å². The second kappa shape index (κ2) is 8.20. The van der Waals surface area contributed by atoms with Crippen LogP contribution in [0.5, 0.6) is 11.5 Å². The van der Waals surface area contributed by atoms with Gasteiger partial charge < -0.3 is 14.2 Å². The van der Waals surface area contributed by atoms with Gasteiger partial charge in [-0.05, 0) is 56.2 Å². The molecule has 1 fully saturated rings. The molecule has 1 unspecified atom stereocenters. The van der Waals surface area contributed by atoms with Gasteiger partial charge >= 0.3 is 0 Å². The van der Waals surface area contributed by atoms with E-state index in [4.69, 9.17) is 4.74 Å². The lowest BCUT2D eigenvalue weighted by Gasteiger charge is -2.28. The molecular formula is C21H29FN3O2P. The van der Waals surface area contributed by atoms with Crippen LogP contribution in [0, 0.1) is 11.2 Å². The minimum absolute atomic E-state index is 0.306. The first kappa shape index (κ1) is 20.8. The molecule has 5 nitrogen and oxygen atoms in total. The predicted molar refractivity (Wildman–Crippen MR) is 112 cm³/mol. The molecule has 3 rings (SSSR count). The third-order valence-electron chi connectivity index (χ3n) is 5.65. The van der Waals surface area contributed by atoms with Crippen molar-refractivity contribution in [3.8, 4) is 11.5 Å². The number of halogens is 1. The molecule has 0 N–H and O–H groups in total. The van der Waals surface area contributed by atoms with Gasteiger partial charge in [0.15, 0.2) is 11.6 Å². The fraction of sp³-hybridized carbons (Fsp3) is 0.524. The molecule has 1 atom stereocenters. The van der Waals surface area contributed by atoms with Crippen LogP contribution < -0.4 is 14.9 Å². The molecule has 0 radical (unpaired) electrons. The van der Waals surface area contributed by atoms with Crippen molar-refractivity contribution < 1.29 is 13.7 Å².